The topological polar surface area (TPSA) is 44.5 Å². The fourth-order valence-corrected chi connectivity index (χ4v) is 1.94. The van der Waals surface area contributed by atoms with Gasteiger partial charge in [-0.3, -0.25) is 0 Å². The largest absolute Gasteiger partial charge is 0.497 e. The number of nitrogens with two attached hydrogens (primary N) is 1. The number of hydrogen-bond acceptors (Lipinski definition) is 4. The van der Waals surface area contributed by atoms with Crippen LogP contribution in [0.2, 0.25) is 0 Å². The molecule has 0 aliphatic heterocycles. The van der Waals surface area contributed by atoms with Gasteiger partial charge in [0, 0.05) is 29.5 Å². The maximum absolute atomic E-state index is 5.71. The second kappa shape index (κ2) is 5.78. The molecule has 0 fully saturated rings. The Labute approximate surface area is 88.6 Å². The predicted octanol–water partition coefficient (Wildman–Crippen LogP) is 2.02. The molecule has 14 heavy (non-hydrogen) atoms. The molecule has 0 radical (unpaired) electrons. The van der Waals surface area contributed by atoms with Crippen molar-refractivity contribution in [3.8, 4) is 5.75 Å². The molecule has 0 aliphatic rings. The van der Waals surface area contributed by atoms with Crippen molar-refractivity contribution in [2.24, 2.45) is 0 Å². The molecule has 0 bridgehead atoms. The highest BCUT2D eigenvalue weighted by Gasteiger charge is 1.99. The third kappa shape index (κ3) is 3.47. The van der Waals surface area contributed by atoms with Crippen molar-refractivity contribution in [3.63, 3.8) is 0 Å². The first-order valence-electron chi connectivity index (χ1n) is 4.32. The van der Waals surface area contributed by atoms with Crippen molar-refractivity contribution >= 4 is 17.4 Å². The molecule has 0 saturated heterocycles. The summed E-state index contributed by atoms with van der Waals surface area (Å²) in [6, 6.07) is 5.71. The quantitative estimate of drug-likeness (QED) is 0.461. The highest BCUT2D eigenvalue weighted by molar-refractivity contribution is 7.99. The lowest BCUT2D eigenvalue weighted by molar-refractivity contribution is 0.218. The maximum atomic E-state index is 5.71. The van der Waals surface area contributed by atoms with Gasteiger partial charge in [-0.25, -0.2) is 0 Å². The van der Waals surface area contributed by atoms with E-state index in [9.17, 15) is 0 Å². The zero-order chi connectivity index (χ0) is 10.4. The third-order valence-corrected chi connectivity index (χ3v) is 2.63. The molecular formula is C10H15NO2S. The van der Waals surface area contributed by atoms with Crippen LogP contribution in [-0.4, -0.2) is 26.6 Å². The van der Waals surface area contributed by atoms with Crippen molar-refractivity contribution in [2.75, 3.05) is 32.3 Å². The Morgan fingerprint density at radius 2 is 2.07 bits per heavy atom. The van der Waals surface area contributed by atoms with Crippen LogP contribution in [0.4, 0.5) is 5.69 Å². The fourth-order valence-electron chi connectivity index (χ4n) is 1.04. The molecule has 4 heteroatoms. The SMILES string of the molecule is COCCSc1cc(N)cc(OC)c1. The predicted molar refractivity (Wildman–Crippen MR) is 60.0 cm³/mol. The van der Waals surface area contributed by atoms with Gasteiger partial charge in [0.2, 0.25) is 0 Å². The van der Waals surface area contributed by atoms with E-state index in [2.05, 4.69) is 0 Å². The molecule has 2 N–H and O–H groups in total. The monoisotopic (exact) mass is 213 g/mol. The summed E-state index contributed by atoms with van der Waals surface area (Å²) in [6.07, 6.45) is 0. The number of rotatable bonds is 5. The number of anilines is 1. The first kappa shape index (κ1) is 11.2. The summed E-state index contributed by atoms with van der Waals surface area (Å²) in [5, 5.41) is 0. The highest BCUT2D eigenvalue weighted by Crippen LogP contribution is 2.26. The van der Waals surface area contributed by atoms with Crippen LogP contribution in [0.1, 0.15) is 0 Å². The summed E-state index contributed by atoms with van der Waals surface area (Å²) in [4.78, 5) is 1.11. The first-order chi connectivity index (χ1) is 6.76. The molecule has 0 spiro atoms. The van der Waals surface area contributed by atoms with Gasteiger partial charge in [-0.2, -0.15) is 0 Å². The lowest BCUT2D eigenvalue weighted by atomic mass is 10.3. The first-order valence-corrected chi connectivity index (χ1v) is 5.31. The number of benzene rings is 1. The number of thioether (sulfide) groups is 1. The van der Waals surface area contributed by atoms with E-state index in [0.29, 0.717) is 0 Å². The zero-order valence-electron chi connectivity index (χ0n) is 8.45. The molecule has 78 valence electrons. The van der Waals surface area contributed by atoms with Crippen LogP contribution in [0, 0.1) is 0 Å². The highest BCUT2D eigenvalue weighted by atomic mass is 32.2. The average molecular weight is 213 g/mol. The van der Waals surface area contributed by atoms with Crippen molar-refractivity contribution in [3.05, 3.63) is 18.2 Å². The molecule has 0 amide bonds. The molecule has 0 unspecified atom stereocenters. The van der Waals surface area contributed by atoms with E-state index in [0.717, 1.165) is 28.7 Å². The Kier molecular flexibility index (Phi) is 4.62. The Hall–Kier alpha value is -0.870. The van der Waals surface area contributed by atoms with E-state index >= 15 is 0 Å². The van der Waals surface area contributed by atoms with Crippen LogP contribution < -0.4 is 10.5 Å². The fraction of sp³-hybridized carbons (Fsp3) is 0.400. The van der Waals surface area contributed by atoms with Crippen molar-refractivity contribution in [2.45, 2.75) is 4.90 Å². The Balaban J connectivity index is 2.62. The van der Waals surface area contributed by atoms with Crippen LogP contribution in [0.5, 0.6) is 5.75 Å². The minimum atomic E-state index is 0.726. The molecule has 0 aliphatic carbocycles. The summed E-state index contributed by atoms with van der Waals surface area (Å²) in [5.41, 5.74) is 6.44. The average Bonchev–Trinajstić information content (AvgIpc) is 2.17. The lowest BCUT2D eigenvalue weighted by Crippen LogP contribution is -1.93. The van der Waals surface area contributed by atoms with Crippen molar-refractivity contribution in [1.29, 1.82) is 0 Å². The minimum Gasteiger partial charge on any atom is -0.497 e. The van der Waals surface area contributed by atoms with E-state index in [4.69, 9.17) is 15.2 Å². The van der Waals surface area contributed by atoms with Gasteiger partial charge in [-0.1, -0.05) is 0 Å². The standard InChI is InChI=1S/C10H15NO2S/c1-12-3-4-14-10-6-8(11)5-9(7-10)13-2/h5-7H,3-4,11H2,1-2H3. The van der Waals surface area contributed by atoms with Crippen LogP contribution in [0.3, 0.4) is 0 Å². The summed E-state index contributed by atoms with van der Waals surface area (Å²) in [5.74, 6) is 1.72. The van der Waals surface area contributed by atoms with Gasteiger partial charge in [-0.05, 0) is 12.1 Å². The molecule has 0 saturated carbocycles. The van der Waals surface area contributed by atoms with Crippen LogP contribution >= 0.6 is 11.8 Å². The normalized spacial score (nSPS) is 10.1. The van der Waals surface area contributed by atoms with Gasteiger partial charge in [0.05, 0.1) is 13.7 Å². The second-order valence-electron chi connectivity index (χ2n) is 2.78. The molecule has 0 aromatic heterocycles. The van der Waals surface area contributed by atoms with Gasteiger partial charge in [0.15, 0.2) is 0 Å². The molecular weight excluding hydrogens is 198 g/mol. The van der Waals surface area contributed by atoms with Crippen molar-refractivity contribution in [1.82, 2.24) is 0 Å². The molecule has 0 atom stereocenters. The van der Waals surface area contributed by atoms with Gasteiger partial charge < -0.3 is 15.2 Å². The van der Waals surface area contributed by atoms with Gasteiger partial charge >= 0.3 is 0 Å². The number of nitrogen functional groups attached to an aromatic ring is 1. The Bertz CT molecular complexity index is 291. The summed E-state index contributed by atoms with van der Waals surface area (Å²) in [7, 11) is 3.33. The molecule has 1 aromatic rings. The smallest absolute Gasteiger partial charge is 0.122 e. The van der Waals surface area contributed by atoms with E-state index in [1.54, 1.807) is 32.0 Å². The lowest BCUT2D eigenvalue weighted by Gasteiger charge is -2.05. The van der Waals surface area contributed by atoms with E-state index in [-0.39, 0.29) is 0 Å². The molecule has 1 rings (SSSR count). The number of methoxy groups -OCH3 is 2. The van der Waals surface area contributed by atoms with E-state index < -0.39 is 0 Å². The maximum Gasteiger partial charge on any atom is 0.122 e. The van der Waals surface area contributed by atoms with Crippen LogP contribution in [-0.2, 0) is 4.74 Å². The minimum absolute atomic E-state index is 0.726. The van der Waals surface area contributed by atoms with Gasteiger partial charge in [-0.15, -0.1) is 11.8 Å². The summed E-state index contributed by atoms with van der Waals surface area (Å²) in [6.45, 7) is 0.738. The molecule has 3 nitrogen and oxygen atoms in total. The second-order valence-corrected chi connectivity index (χ2v) is 3.95. The van der Waals surface area contributed by atoms with E-state index in [1.807, 2.05) is 12.1 Å². The number of hydrogen-bond donors (Lipinski definition) is 1. The summed E-state index contributed by atoms with van der Waals surface area (Å²) >= 11 is 1.70. The summed E-state index contributed by atoms with van der Waals surface area (Å²) < 4.78 is 10.1. The Morgan fingerprint density at radius 3 is 2.71 bits per heavy atom. The van der Waals surface area contributed by atoms with Gasteiger partial charge in [0.25, 0.3) is 0 Å². The zero-order valence-corrected chi connectivity index (χ0v) is 9.26. The van der Waals surface area contributed by atoms with Crippen LogP contribution in [0.15, 0.2) is 23.1 Å². The van der Waals surface area contributed by atoms with Gasteiger partial charge in [0.1, 0.15) is 5.75 Å². The van der Waals surface area contributed by atoms with E-state index in [1.165, 1.54) is 0 Å². The Morgan fingerprint density at radius 1 is 1.29 bits per heavy atom. The molecule has 0 heterocycles. The third-order valence-electron chi connectivity index (χ3n) is 1.69. The number of ether oxygens (including phenoxy) is 2. The van der Waals surface area contributed by atoms with Crippen molar-refractivity contribution < 1.29 is 9.47 Å². The van der Waals surface area contributed by atoms with Crippen LogP contribution in [0.25, 0.3) is 0 Å². The molecule has 1 aromatic carbocycles.